The van der Waals surface area contributed by atoms with Crippen LogP contribution in [0.3, 0.4) is 0 Å². The quantitative estimate of drug-likeness (QED) is 0.889. The fourth-order valence-corrected chi connectivity index (χ4v) is 4.71. The molecule has 0 spiro atoms. The average molecular weight is 377 g/mol. The van der Waals surface area contributed by atoms with Crippen LogP contribution in [-0.2, 0) is 21.2 Å². The summed E-state index contributed by atoms with van der Waals surface area (Å²) in [6, 6.07) is 14.3. The molecule has 0 fully saturated rings. The van der Waals surface area contributed by atoms with Crippen LogP contribution in [0.2, 0.25) is 0 Å². The van der Waals surface area contributed by atoms with Gasteiger partial charge in [0.15, 0.2) is 0 Å². The second kappa shape index (κ2) is 6.82. The summed E-state index contributed by atoms with van der Waals surface area (Å²) in [4.78, 5) is 15.8. The zero-order valence-corrected chi connectivity index (χ0v) is 15.7. The molecule has 2 unspecified atom stereocenters. The van der Waals surface area contributed by atoms with E-state index in [1.807, 2.05) is 25.1 Å². The highest BCUT2D eigenvalue weighted by Gasteiger charge is 2.31. The molecule has 0 radical (unpaired) electrons. The van der Waals surface area contributed by atoms with Gasteiger partial charge >= 0.3 is 0 Å². The van der Waals surface area contributed by atoms with Gasteiger partial charge in [-0.05, 0) is 42.7 Å². The number of benzene rings is 2. The summed E-state index contributed by atoms with van der Waals surface area (Å²) in [6.07, 6.45) is 0.737. The Labute approximate surface area is 152 Å². The molecule has 2 aromatic carbocycles. The molecule has 1 aliphatic rings. The molecule has 1 heterocycles. The van der Waals surface area contributed by atoms with Crippen molar-refractivity contribution in [2.24, 2.45) is 5.14 Å². The fraction of sp³-hybridized carbons (Fsp3) is 0.278. The summed E-state index contributed by atoms with van der Waals surface area (Å²) in [6.45, 7) is 1.93. The van der Waals surface area contributed by atoms with Crippen LogP contribution in [0.4, 0.5) is 0 Å². The van der Waals surface area contributed by atoms with Gasteiger partial charge in [-0.25, -0.2) is 13.6 Å². The summed E-state index contributed by atoms with van der Waals surface area (Å²) < 4.78 is 22.7. The number of hydrogen-bond donors (Lipinski definition) is 1. The second-order valence-electron chi connectivity index (χ2n) is 6.16. The zero-order chi connectivity index (χ0) is 18.2. The van der Waals surface area contributed by atoms with Crippen molar-refractivity contribution >= 4 is 27.7 Å². The SMILES string of the molecule is CC(c1ccc(S(N)(=O)=O)cc1)N(C)C(=O)C1Cc2ccccc2S1. The third-order valence-corrected chi connectivity index (χ3v) is 6.78. The predicted molar refractivity (Wildman–Crippen MR) is 98.8 cm³/mol. The normalized spacial score (nSPS) is 17.8. The van der Waals surface area contributed by atoms with Gasteiger partial charge in [0.05, 0.1) is 16.2 Å². The Hall–Kier alpha value is -1.83. The Morgan fingerprint density at radius 1 is 1.20 bits per heavy atom. The van der Waals surface area contributed by atoms with E-state index in [4.69, 9.17) is 5.14 Å². The van der Waals surface area contributed by atoms with E-state index in [1.54, 1.807) is 35.8 Å². The molecule has 2 atom stereocenters. The van der Waals surface area contributed by atoms with Crippen LogP contribution in [-0.4, -0.2) is 31.5 Å². The van der Waals surface area contributed by atoms with Crippen LogP contribution in [0.1, 0.15) is 24.1 Å². The minimum absolute atomic E-state index is 0.0687. The number of amides is 1. The highest BCUT2D eigenvalue weighted by atomic mass is 32.2. The maximum atomic E-state index is 12.8. The number of primary sulfonamides is 1. The van der Waals surface area contributed by atoms with Crippen molar-refractivity contribution in [3.63, 3.8) is 0 Å². The Balaban J connectivity index is 1.72. The third-order valence-electron chi connectivity index (χ3n) is 4.54. The van der Waals surface area contributed by atoms with Gasteiger partial charge in [0.2, 0.25) is 15.9 Å². The van der Waals surface area contributed by atoms with Crippen LogP contribution in [0.25, 0.3) is 0 Å². The molecule has 1 amide bonds. The van der Waals surface area contributed by atoms with Crippen LogP contribution in [0, 0.1) is 0 Å². The second-order valence-corrected chi connectivity index (χ2v) is 8.96. The number of nitrogens with two attached hydrogens (primary N) is 1. The summed E-state index contributed by atoms with van der Waals surface area (Å²) in [5.74, 6) is 0.0734. The maximum absolute atomic E-state index is 12.8. The number of hydrogen-bond acceptors (Lipinski definition) is 4. The maximum Gasteiger partial charge on any atom is 0.238 e. The van der Waals surface area contributed by atoms with Crippen LogP contribution < -0.4 is 5.14 Å². The smallest absolute Gasteiger partial charge is 0.238 e. The number of nitrogens with zero attached hydrogens (tertiary/aromatic N) is 1. The van der Waals surface area contributed by atoms with Gasteiger partial charge < -0.3 is 4.90 Å². The largest absolute Gasteiger partial charge is 0.338 e. The topological polar surface area (TPSA) is 80.5 Å². The van der Waals surface area contributed by atoms with E-state index in [-0.39, 0.29) is 22.1 Å². The van der Waals surface area contributed by atoms with E-state index < -0.39 is 10.0 Å². The molecule has 0 saturated heterocycles. The number of thioether (sulfide) groups is 1. The van der Waals surface area contributed by atoms with Crippen molar-refractivity contribution in [3.8, 4) is 0 Å². The lowest BCUT2D eigenvalue weighted by Crippen LogP contribution is -2.36. The van der Waals surface area contributed by atoms with Gasteiger partial charge in [0.25, 0.3) is 0 Å². The number of sulfonamides is 1. The standard InChI is InChI=1S/C18H20N2O3S2/c1-12(13-7-9-15(10-8-13)25(19,22)23)20(2)18(21)17-11-14-5-3-4-6-16(14)24-17/h3-10,12,17H,11H2,1-2H3,(H2,19,22,23). The predicted octanol–water partition coefficient (Wildman–Crippen LogP) is 2.57. The van der Waals surface area contributed by atoms with E-state index >= 15 is 0 Å². The van der Waals surface area contributed by atoms with Gasteiger partial charge in [-0.3, -0.25) is 4.79 Å². The molecular weight excluding hydrogens is 356 g/mol. The molecule has 132 valence electrons. The van der Waals surface area contributed by atoms with Crippen molar-refractivity contribution in [1.82, 2.24) is 4.90 Å². The number of carbonyl (C=O) groups excluding carboxylic acids is 1. The lowest BCUT2D eigenvalue weighted by atomic mass is 10.1. The molecule has 0 bridgehead atoms. The minimum atomic E-state index is -3.71. The first-order chi connectivity index (χ1) is 11.8. The van der Waals surface area contributed by atoms with Crippen molar-refractivity contribution in [3.05, 3.63) is 59.7 Å². The first-order valence-corrected chi connectivity index (χ1v) is 10.3. The summed E-state index contributed by atoms with van der Waals surface area (Å²) in [7, 11) is -1.93. The lowest BCUT2D eigenvalue weighted by Gasteiger charge is -2.27. The van der Waals surface area contributed by atoms with Gasteiger partial charge in [0.1, 0.15) is 0 Å². The molecule has 1 aliphatic heterocycles. The minimum Gasteiger partial charge on any atom is -0.338 e. The molecule has 7 heteroatoms. The van der Waals surface area contributed by atoms with Gasteiger partial charge in [-0.2, -0.15) is 0 Å². The van der Waals surface area contributed by atoms with Crippen molar-refractivity contribution in [2.75, 3.05) is 7.05 Å². The van der Waals surface area contributed by atoms with Crippen LogP contribution in [0.15, 0.2) is 58.3 Å². The Bertz CT molecular complexity index is 870. The molecule has 0 saturated carbocycles. The lowest BCUT2D eigenvalue weighted by molar-refractivity contribution is -0.131. The summed E-state index contributed by atoms with van der Waals surface area (Å²) in [5, 5.41) is 5.00. The van der Waals surface area contributed by atoms with E-state index in [9.17, 15) is 13.2 Å². The van der Waals surface area contributed by atoms with E-state index in [0.29, 0.717) is 0 Å². The van der Waals surface area contributed by atoms with Gasteiger partial charge in [-0.1, -0.05) is 30.3 Å². The zero-order valence-electron chi connectivity index (χ0n) is 14.0. The van der Waals surface area contributed by atoms with E-state index in [1.165, 1.54) is 22.6 Å². The summed E-state index contributed by atoms with van der Waals surface area (Å²) in [5.41, 5.74) is 2.08. The Kier molecular flexibility index (Phi) is 4.90. The van der Waals surface area contributed by atoms with Gasteiger partial charge in [-0.15, -0.1) is 11.8 Å². The van der Waals surface area contributed by atoms with Crippen molar-refractivity contribution < 1.29 is 13.2 Å². The van der Waals surface area contributed by atoms with Crippen molar-refractivity contribution in [1.29, 1.82) is 0 Å². The first-order valence-electron chi connectivity index (χ1n) is 7.91. The molecule has 3 rings (SSSR count). The van der Waals surface area contributed by atoms with Crippen LogP contribution >= 0.6 is 11.8 Å². The van der Waals surface area contributed by atoms with Crippen LogP contribution in [0.5, 0.6) is 0 Å². The molecule has 0 aromatic heterocycles. The van der Waals surface area contributed by atoms with E-state index in [2.05, 4.69) is 6.07 Å². The molecule has 5 nitrogen and oxygen atoms in total. The van der Waals surface area contributed by atoms with Crippen molar-refractivity contribution in [2.45, 2.75) is 34.4 Å². The molecule has 0 aliphatic carbocycles. The number of rotatable bonds is 4. The highest BCUT2D eigenvalue weighted by Crippen LogP contribution is 2.38. The third kappa shape index (κ3) is 3.73. The fourth-order valence-electron chi connectivity index (χ4n) is 2.90. The molecule has 2 aromatic rings. The molecule has 2 N–H and O–H groups in total. The molecule has 25 heavy (non-hydrogen) atoms. The number of carbonyl (C=O) groups is 1. The average Bonchev–Trinajstić information content (AvgIpc) is 3.03. The number of fused-ring (bicyclic) bond motifs is 1. The monoisotopic (exact) mass is 376 g/mol. The highest BCUT2D eigenvalue weighted by molar-refractivity contribution is 8.01. The first kappa shape index (κ1) is 18.0. The summed E-state index contributed by atoms with van der Waals surface area (Å²) >= 11 is 1.60. The van der Waals surface area contributed by atoms with E-state index in [0.717, 1.165) is 12.0 Å². The Morgan fingerprint density at radius 3 is 2.44 bits per heavy atom. The Morgan fingerprint density at radius 2 is 1.84 bits per heavy atom. The molecular formula is C18H20N2O3S2. The van der Waals surface area contributed by atoms with Gasteiger partial charge in [0, 0.05) is 11.9 Å².